The number of nitrogens with zero attached hydrogens (tertiary/aromatic N) is 1. The quantitative estimate of drug-likeness (QED) is 0.527. The number of rotatable bonds is 6. The number of benzene rings is 2. The Bertz CT molecular complexity index is 597. The van der Waals surface area contributed by atoms with Crippen LogP contribution in [-0.2, 0) is 10.6 Å². The van der Waals surface area contributed by atoms with Crippen LogP contribution in [-0.4, -0.2) is 18.6 Å². The molecule has 0 aliphatic rings. The lowest BCUT2D eigenvalue weighted by Gasteiger charge is -2.06. The number of hydrogen-bond donors (Lipinski definition) is 0. The summed E-state index contributed by atoms with van der Waals surface area (Å²) in [6.45, 7) is 0. The Morgan fingerprint density at radius 2 is 1.57 bits per heavy atom. The van der Waals surface area contributed by atoms with Crippen LogP contribution in [0.4, 0.5) is 0 Å². The van der Waals surface area contributed by atoms with Gasteiger partial charge < -0.3 is 4.84 Å². The first-order valence-corrected chi connectivity index (χ1v) is 8.28. The SMILES string of the molecule is CO/N=C(/CSCc1ccc(Cl)cc1)c1ccc(Cl)cc1. The maximum atomic E-state index is 5.90. The normalized spacial score (nSPS) is 11.5. The van der Waals surface area contributed by atoms with Gasteiger partial charge in [0, 0.05) is 27.1 Å². The van der Waals surface area contributed by atoms with E-state index in [-0.39, 0.29) is 0 Å². The van der Waals surface area contributed by atoms with Gasteiger partial charge in [-0.1, -0.05) is 52.6 Å². The van der Waals surface area contributed by atoms with Crippen LogP contribution in [0.5, 0.6) is 0 Å². The molecule has 0 saturated heterocycles. The average molecular weight is 340 g/mol. The molecule has 21 heavy (non-hydrogen) atoms. The highest BCUT2D eigenvalue weighted by molar-refractivity contribution is 7.99. The zero-order valence-corrected chi connectivity index (χ0v) is 13.9. The summed E-state index contributed by atoms with van der Waals surface area (Å²) in [4.78, 5) is 4.93. The third-order valence-corrected chi connectivity index (χ3v) is 4.32. The van der Waals surface area contributed by atoms with Gasteiger partial charge in [0.2, 0.25) is 0 Å². The van der Waals surface area contributed by atoms with Crippen molar-refractivity contribution in [2.45, 2.75) is 5.75 Å². The molecule has 2 aromatic carbocycles. The monoisotopic (exact) mass is 339 g/mol. The summed E-state index contributed by atoms with van der Waals surface area (Å²) in [5.41, 5.74) is 3.15. The average Bonchev–Trinajstić information content (AvgIpc) is 2.49. The molecule has 0 aliphatic carbocycles. The zero-order valence-electron chi connectivity index (χ0n) is 11.6. The fourth-order valence-electron chi connectivity index (χ4n) is 1.76. The van der Waals surface area contributed by atoms with E-state index in [9.17, 15) is 0 Å². The molecule has 2 rings (SSSR count). The van der Waals surface area contributed by atoms with E-state index in [1.165, 1.54) is 5.56 Å². The van der Waals surface area contributed by atoms with E-state index in [4.69, 9.17) is 28.0 Å². The van der Waals surface area contributed by atoms with Crippen molar-refractivity contribution in [3.05, 3.63) is 69.7 Å². The molecule has 0 radical (unpaired) electrons. The van der Waals surface area contributed by atoms with Gasteiger partial charge in [-0.25, -0.2) is 0 Å². The molecule has 0 saturated carbocycles. The topological polar surface area (TPSA) is 21.6 Å². The summed E-state index contributed by atoms with van der Waals surface area (Å²) in [7, 11) is 1.56. The third-order valence-electron chi connectivity index (χ3n) is 2.80. The van der Waals surface area contributed by atoms with Gasteiger partial charge in [-0.3, -0.25) is 0 Å². The van der Waals surface area contributed by atoms with Crippen LogP contribution in [0.15, 0.2) is 53.7 Å². The Morgan fingerprint density at radius 3 is 2.14 bits per heavy atom. The smallest absolute Gasteiger partial charge is 0.106 e. The van der Waals surface area contributed by atoms with Gasteiger partial charge in [-0.05, 0) is 29.8 Å². The van der Waals surface area contributed by atoms with Gasteiger partial charge in [-0.2, -0.15) is 11.8 Å². The van der Waals surface area contributed by atoms with Crippen LogP contribution in [0.2, 0.25) is 10.0 Å². The number of oxime groups is 1. The van der Waals surface area contributed by atoms with Crippen LogP contribution in [0.1, 0.15) is 11.1 Å². The number of hydrogen-bond acceptors (Lipinski definition) is 3. The molecule has 5 heteroatoms. The van der Waals surface area contributed by atoms with Crippen molar-refractivity contribution in [3.63, 3.8) is 0 Å². The molecule has 0 heterocycles. The zero-order chi connectivity index (χ0) is 15.1. The summed E-state index contributed by atoms with van der Waals surface area (Å²) in [6.07, 6.45) is 0. The van der Waals surface area contributed by atoms with Crippen molar-refractivity contribution in [3.8, 4) is 0 Å². The third kappa shape index (κ3) is 5.27. The fourth-order valence-corrected chi connectivity index (χ4v) is 2.96. The predicted molar refractivity (Wildman–Crippen MR) is 92.6 cm³/mol. The van der Waals surface area contributed by atoms with Crippen LogP contribution in [0.25, 0.3) is 0 Å². The maximum absolute atomic E-state index is 5.90. The van der Waals surface area contributed by atoms with Crippen molar-refractivity contribution in [2.24, 2.45) is 5.16 Å². The van der Waals surface area contributed by atoms with Gasteiger partial charge in [0.15, 0.2) is 0 Å². The number of halogens is 2. The lowest BCUT2D eigenvalue weighted by Crippen LogP contribution is -2.05. The van der Waals surface area contributed by atoms with Gasteiger partial charge in [0.1, 0.15) is 7.11 Å². The van der Waals surface area contributed by atoms with Crippen LogP contribution in [0.3, 0.4) is 0 Å². The van der Waals surface area contributed by atoms with Crippen molar-refractivity contribution in [1.29, 1.82) is 0 Å². The Labute approximate surface area is 139 Å². The van der Waals surface area contributed by atoms with Crippen molar-refractivity contribution >= 4 is 40.7 Å². The van der Waals surface area contributed by atoms with E-state index in [2.05, 4.69) is 5.16 Å². The fraction of sp³-hybridized carbons (Fsp3) is 0.188. The molecule has 0 aromatic heterocycles. The van der Waals surface area contributed by atoms with E-state index in [1.807, 2.05) is 48.5 Å². The molecule has 0 bridgehead atoms. The maximum Gasteiger partial charge on any atom is 0.106 e. The molecule has 0 spiro atoms. The van der Waals surface area contributed by atoms with Crippen molar-refractivity contribution in [1.82, 2.24) is 0 Å². The van der Waals surface area contributed by atoms with E-state index < -0.39 is 0 Å². The van der Waals surface area contributed by atoms with Gasteiger partial charge >= 0.3 is 0 Å². The second-order valence-electron chi connectivity index (χ2n) is 4.35. The van der Waals surface area contributed by atoms with E-state index in [1.54, 1.807) is 18.9 Å². The molecule has 0 aliphatic heterocycles. The van der Waals surface area contributed by atoms with E-state index in [0.29, 0.717) is 5.02 Å². The minimum Gasteiger partial charge on any atom is -0.399 e. The Balaban J connectivity index is 1.96. The van der Waals surface area contributed by atoms with Gasteiger partial charge in [-0.15, -0.1) is 0 Å². The van der Waals surface area contributed by atoms with Gasteiger partial charge in [0.25, 0.3) is 0 Å². The van der Waals surface area contributed by atoms with Crippen LogP contribution >= 0.6 is 35.0 Å². The molecule has 2 aromatic rings. The highest BCUT2D eigenvalue weighted by Crippen LogP contribution is 2.18. The first kappa shape index (κ1) is 16.2. The number of thioether (sulfide) groups is 1. The van der Waals surface area contributed by atoms with E-state index in [0.717, 1.165) is 27.8 Å². The summed E-state index contributed by atoms with van der Waals surface area (Å²) in [6, 6.07) is 15.5. The summed E-state index contributed by atoms with van der Waals surface area (Å²) in [5.74, 6) is 1.66. The molecular weight excluding hydrogens is 325 g/mol. The molecule has 0 amide bonds. The van der Waals surface area contributed by atoms with Crippen molar-refractivity contribution < 1.29 is 4.84 Å². The Hall–Kier alpha value is -1.16. The van der Waals surface area contributed by atoms with E-state index >= 15 is 0 Å². The summed E-state index contributed by atoms with van der Waals surface area (Å²) < 4.78 is 0. The minimum atomic E-state index is 0.712. The molecule has 0 unspecified atom stereocenters. The summed E-state index contributed by atoms with van der Waals surface area (Å²) in [5, 5.41) is 5.57. The van der Waals surface area contributed by atoms with Crippen molar-refractivity contribution in [2.75, 3.05) is 12.9 Å². The first-order valence-electron chi connectivity index (χ1n) is 6.37. The highest BCUT2D eigenvalue weighted by atomic mass is 35.5. The first-order chi connectivity index (χ1) is 10.2. The minimum absolute atomic E-state index is 0.712. The Morgan fingerprint density at radius 1 is 1.00 bits per heavy atom. The van der Waals surface area contributed by atoms with Crippen LogP contribution in [0, 0.1) is 0 Å². The lowest BCUT2D eigenvalue weighted by atomic mass is 10.1. The second-order valence-corrected chi connectivity index (χ2v) is 6.21. The standard InChI is InChI=1S/C16H15Cl2NOS/c1-20-19-16(13-4-8-15(18)9-5-13)11-21-10-12-2-6-14(17)7-3-12/h2-9H,10-11H2,1H3/b19-16-. The van der Waals surface area contributed by atoms with Gasteiger partial charge in [0.05, 0.1) is 5.71 Å². The second kappa shape index (κ2) is 8.32. The molecule has 0 N–H and O–H groups in total. The predicted octanol–water partition coefficient (Wildman–Crippen LogP) is 5.28. The molecule has 0 atom stereocenters. The highest BCUT2D eigenvalue weighted by Gasteiger charge is 2.05. The molecule has 110 valence electrons. The molecular formula is C16H15Cl2NOS. The molecule has 2 nitrogen and oxygen atoms in total. The lowest BCUT2D eigenvalue weighted by molar-refractivity contribution is 0.213. The van der Waals surface area contributed by atoms with Crippen LogP contribution < -0.4 is 0 Å². The largest absolute Gasteiger partial charge is 0.399 e. The molecule has 0 fully saturated rings. The Kier molecular flexibility index (Phi) is 6.43. The summed E-state index contributed by atoms with van der Waals surface area (Å²) >= 11 is 13.6.